The predicted octanol–water partition coefficient (Wildman–Crippen LogP) is 3.07. The van der Waals surface area contributed by atoms with Crippen molar-refractivity contribution in [3.05, 3.63) is 30.1 Å². The van der Waals surface area contributed by atoms with Crippen molar-refractivity contribution >= 4 is 11.0 Å². The Morgan fingerprint density at radius 3 is 2.29 bits per heavy atom. The first kappa shape index (κ1) is 12.7. The minimum atomic E-state index is 0. The largest absolute Gasteiger partial charge is 0.344 e. The summed E-state index contributed by atoms with van der Waals surface area (Å²) in [7, 11) is 2.03. The summed E-state index contributed by atoms with van der Waals surface area (Å²) in [5.74, 6) is 1.06. The highest BCUT2D eigenvalue weighted by molar-refractivity contribution is 5.75. The zero-order valence-electron chi connectivity index (χ0n) is 9.41. The molecule has 0 aliphatic carbocycles. The van der Waals surface area contributed by atoms with Gasteiger partial charge in [-0.25, -0.2) is 4.98 Å². The van der Waals surface area contributed by atoms with Crippen molar-refractivity contribution < 1.29 is 0 Å². The first-order valence-corrected chi connectivity index (χ1v) is 4.67. The van der Waals surface area contributed by atoms with Gasteiger partial charge < -0.3 is 10.7 Å². The Labute approximate surface area is 85.4 Å². The molecule has 2 rings (SSSR count). The van der Waals surface area contributed by atoms with E-state index in [1.54, 1.807) is 0 Å². The van der Waals surface area contributed by atoms with E-state index in [9.17, 15) is 0 Å². The summed E-state index contributed by atoms with van der Waals surface area (Å²) in [4.78, 5) is 4.38. The Bertz CT molecular complexity index is 390. The molecule has 0 amide bonds. The fraction of sp³-hybridized carbons (Fsp3) is 0.364. The normalized spacial score (nSPS) is 8.86. The van der Waals surface area contributed by atoms with Gasteiger partial charge in [0.25, 0.3) is 0 Å². The average Bonchev–Trinajstić information content (AvgIpc) is 2.47. The van der Waals surface area contributed by atoms with Crippen LogP contribution in [0.25, 0.3) is 11.0 Å². The van der Waals surface area contributed by atoms with Gasteiger partial charge >= 0.3 is 0 Å². The summed E-state index contributed by atoms with van der Waals surface area (Å²) in [6, 6.07) is 8.15. The van der Waals surface area contributed by atoms with Crippen LogP contribution in [0.4, 0.5) is 0 Å². The van der Waals surface area contributed by atoms with E-state index in [1.807, 2.05) is 46.0 Å². The molecule has 3 N–H and O–H groups in total. The standard InChI is InChI=1S/C9H10N2.C2H6.H3N/c1-7-10-8-5-3-4-6-9(8)11(7)2;1-2;/h3-6H,1-2H3;1-2H3;1H3. The van der Waals surface area contributed by atoms with E-state index in [1.165, 1.54) is 5.52 Å². The molecule has 1 heterocycles. The minimum absolute atomic E-state index is 0. The molecule has 1 aromatic heterocycles. The van der Waals surface area contributed by atoms with Gasteiger partial charge in [0.2, 0.25) is 0 Å². The number of benzene rings is 1. The molecule has 78 valence electrons. The molecule has 0 aliphatic rings. The van der Waals surface area contributed by atoms with Crippen LogP contribution in [0.3, 0.4) is 0 Å². The molecule has 0 atom stereocenters. The number of nitrogens with zero attached hydrogens (tertiary/aromatic N) is 2. The zero-order chi connectivity index (χ0) is 9.84. The smallest absolute Gasteiger partial charge is 0.106 e. The van der Waals surface area contributed by atoms with E-state index in [2.05, 4.69) is 15.6 Å². The summed E-state index contributed by atoms with van der Waals surface area (Å²) < 4.78 is 2.09. The molecule has 0 aliphatic heterocycles. The molecule has 0 spiro atoms. The quantitative estimate of drug-likeness (QED) is 0.699. The number of imidazole rings is 1. The number of aryl methyl sites for hydroxylation is 2. The molecule has 0 unspecified atom stereocenters. The second kappa shape index (κ2) is 5.40. The van der Waals surface area contributed by atoms with Crippen LogP contribution in [-0.2, 0) is 7.05 Å². The fourth-order valence-corrected chi connectivity index (χ4v) is 1.27. The van der Waals surface area contributed by atoms with Gasteiger partial charge in [-0.2, -0.15) is 0 Å². The lowest BCUT2D eigenvalue weighted by Crippen LogP contribution is -1.89. The highest BCUT2D eigenvalue weighted by Gasteiger charge is 2.00. The van der Waals surface area contributed by atoms with Crippen LogP contribution in [0, 0.1) is 6.92 Å². The number of para-hydroxylation sites is 2. The third kappa shape index (κ3) is 2.12. The van der Waals surface area contributed by atoms with Crippen molar-refractivity contribution in [1.82, 2.24) is 15.7 Å². The molecule has 3 nitrogen and oxygen atoms in total. The van der Waals surface area contributed by atoms with Gasteiger partial charge in [0.15, 0.2) is 0 Å². The summed E-state index contributed by atoms with van der Waals surface area (Å²) >= 11 is 0. The van der Waals surface area contributed by atoms with Crippen LogP contribution in [0.2, 0.25) is 0 Å². The predicted molar refractivity (Wildman–Crippen MR) is 61.8 cm³/mol. The summed E-state index contributed by atoms with van der Waals surface area (Å²) in [6.45, 7) is 6.01. The van der Waals surface area contributed by atoms with E-state index in [4.69, 9.17) is 0 Å². The van der Waals surface area contributed by atoms with Crippen LogP contribution < -0.4 is 6.15 Å². The lowest BCUT2D eigenvalue weighted by molar-refractivity contribution is 0.886. The SMILES string of the molecule is CC.Cc1nc2ccccc2n1C.N. The first-order chi connectivity index (χ1) is 6.29. The van der Waals surface area contributed by atoms with Crippen LogP contribution >= 0.6 is 0 Å². The second-order valence-corrected chi connectivity index (χ2v) is 2.71. The first-order valence-electron chi connectivity index (χ1n) is 4.67. The van der Waals surface area contributed by atoms with Gasteiger partial charge in [0.05, 0.1) is 11.0 Å². The Morgan fingerprint density at radius 1 is 1.14 bits per heavy atom. The minimum Gasteiger partial charge on any atom is -0.344 e. The molecule has 0 radical (unpaired) electrons. The lowest BCUT2D eigenvalue weighted by atomic mass is 10.3. The van der Waals surface area contributed by atoms with E-state index in [0.717, 1.165) is 11.3 Å². The molecular weight excluding hydrogens is 174 g/mol. The monoisotopic (exact) mass is 193 g/mol. The maximum Gasteiger partial charge on any atom is 0.106 e. The fourth-order valence-electron chi connectivity index (χ4n) is 1.27. The van der Waals surface area contributed by atoms with Gasteiger partial charge in [-0.15, -0.1) is 0 Å². The van der Waals surface area contributed by atoms with Crippen molar-refractivity contribution in [1.29, 1.82) is 0 Å². The third-order valence-electron chi connectivity index (χ3n) is 2.01. The maximum atomic E-state index is 4.38. The van der Waals surface area contributed by atoms with Crippen molar-refractivity contribution in [2.45, 2.75) is 20.8 Å². The van der Waals surface area contributed by atoms with Crippen LogP contribution in [-0.4, -0.2) is 9.55 Å². The topological polar surface area (TPSA) is 52.8 Å². The second-order valence-electron chi connectivity index (χ2n) is 2.71. The number of rotatable bonds is 0. The average molecular weight is 193 g/mol. The number of aromatic nitrogens is 2. The van der Waals surface area contributed by atoms with Gasteiger partial charge in [0, 0.05) is 7.05 Å². The molecular formula is C11H19N3. The van der Waals surface area contributed by atoms with Crippen LogP contribution in [0.5, 0.6) is 0 Å². The molecule has 0 saturated carbocycles. The maximum absolute atomic E-state index is 4.38. The van der Waals surface area contributed by atoms with Crippen molar-refractivity contribution in [2.75, 3.05) is 0 Å². The van der Waals surface area contributed by atoms with E-state index in [0.29, 0.717) is 0 Å². The van der Waals surface area contributed by atoms with Crippen molar-refractivity contribution in [3.8, 4) is 0 Å². The molecule has 0 fully saturated rings. The van der Waals surface area contributed by atoms with E-state index < -0.39 is 0 Å². The summed E-state index contributed by atoms with van der Waals surface area (Å²) in [5, 5.41) is 0. The van der Waals surface area contributed by atoms with Gasteiger partial charge in [-0.1, -0.05) is 26.0 Å². The van der Waals surface area contributed by atoms with Crippen LogP contribution in [0.15, 0.2) is 24.3 Å². The lowest BCUT2D eigenvalue weighted by Gasteiger charge is -1.93. The summed E-state index contributed by atoms with van der Waals surface area (Å²) in [6.07, 6.45) is 0. The Kier molecular flexibility index (Phi) is 4.87. The van der Waals surface area contributed by atoms with E-state index >= 15 is 0 Å². The molecule has 0 bridgehead atoms. The molecule has 2 aromatic rings. The van der Waals surface area contributed by atoms with Gasteiger partial charge in [-0.3, -0.25) is 0 Å². The third-order valence-corrected chi connectivity index (χ3v) is 2.01. The zero-order valence-corrected chi connectivity index (χ0v) is 9.41. The Hall–Kier alpha value is -1.35. The van der Waals surface area contributed by atoms with E-state index in [-0.39, 0.29) is 6.15 Å². The molecule has 1 aromatic carbocycles. The summed E-state index contributed by atoms with van der Waals surface area (Å²) in [5.41, 5.74) is 2.28. The van der Waals surface area contributed by atoms with Crippen LogP contribution in [0.1, 0.15) is 19.7 Å². The Balaban J connectivity index is 0.000000531. The highest BCUT2D eigenvalue weighted by Crippen LogP contribution is 2.12. The van der Waals surface area contributed by atoms with Gasteiger partial charge in [0.1, 0.15) is 5.82 Å². The molecule has 0 saturated heterocycles. The van der Waals surface area contributed by atoms with Gasteiger partial charge in [-0.05, 0) is 19.1 Å². The Morgan fingerprint density at radius 2 is 1.71 bits per heavy atom. The van der Waals surface area contributed by atoms with Crippen molar-refractivity contribution in [2.24, 2.45) is 7.05 Å². The molecule has 14 heavy (non-hydrogen) atoms. The molecule has 3 heteroatoms. The number of fused-ring (bicyclic) bond motifs is 1. The highest BCUT2D eigenvalue weighted by atomic mass is 15.0. The number of hydrogen-bond acceptors (Lipinski definition) is 2. The number of hydrogen-bond donors (Lipinski definition) is 1. The van der Waals surface area contributed by atoms with Crippen molar-refractivity contribution in [3.63, 3.8) is 0 Å².